The molecule has 0 spiro atoms. The average molecular weight is 821 g/mol. The summed E-state index contributed by atoms with van der Waals surface area (Å²) in [5.41, 5.74) is 11.1. The number of aryl methyl sites for hydroxylation is 1. The van der Waals surface area contributed by atoms with Crippen LogP contribution < -0.4 is 4.74 Å². The molecule has 49 heavy (non-hydrogen) atoms. The Labute approximate surface area is 299 Å². The van der Waals surface area contributed by atoms with Crippen molar-refractivity contribution >= 4 is 27.7 Å². The van der Waals surface area contributed by atoms with Gasteiger partial charge in [-0.15, -0.1) is 17.2 Å². The Balaban J connectivity index is 0.00000378. The van der Waals surface area contributed by atoms with Gasteiger partial charge in [-0.25, -0.2) is 9.97 Å². The van der Waals surface area contributed by atoms with Gasteiger partial charge in [-0.1, -0.05) is 117 Å². The molecule has 0 unspecified atom stereocenters. The average Bonchev–Trinajstić information content (AvgIpc) is 3.51. The number of rotatable bonds is 5. The van der Waals surface area contributed by atoms with Crippen molar-refractivity contribution in [2.75, 3.05) is 0 Å². The zero-order valence-electron chi connectivity index (χ0n) is 27.5. The molecule has 6 nitrogen and oxygen atoms in total. The number of aromatic hydroxyl groups is 1. The Morgan fingerprint density at radius 2 is 1.43 bits per heavy atom. The first-order chi connectivity index (χ1) is 23.3. The smallest absolute Gasteiger partial charge is 0.166 e. The molecule has 0 amide bonds. The maximum Gasteiger partial charge on any atom is 0.166 e. The third kappa shape index (κ3) is 5.77. The summed E-state index contributed by atoms with van der Waals surface area (Å²) in [7, 11) is 0. The van der Waals surface area contributed by atoms with Gasteiger partial charge in [0, 0.05) is 38.6 Å². The molecule has 244 valence electrons. The second-order valence-corrected chi connectivity index (χ2v) is 13.0. The topological polar surface area (TPSA) is 72.5 Å². The maximum absolute atomic E-state index is 10.5. The molecule has 3 aromatic heterocycles. The van der Waals surface area contributed by atoms with E-state index in [1.165, 1.54) is 0 Å². The predicted octanol–water partition coefficient (Wildman–Crippen LogP) is 10.3. The number of hydrogen-bond donors (Lipinski definition) is 1. The van der Waals surface area contributed by atoms with Gasteiger partial charge in [0.2, 0.25) is 0 Å². The first-order valence-corrected chi connectivity index (χ1v) is 16.0. The van der Waals surface area contributed by atoms with E-state index in [9.17, 15) is 5.11 Å². The zero-order valence-corrected chi connectivity index (χ0v) is 29.8. The zero-order chi connectivity index (χ0) is 33.0. The van der Waals surface area contributed by atoms with E-state index in [-0.39, 0.29) is 32.2 Å². The third-order valence-electron chi connectivity index (χ3n) is 8.80. The molecule has 0 saturated carbocycles. The fraction of sp³-hybridized carbons (Fsp3) is 0.119. The van der Waals surface area contributed by atoms with Crippen molar-refractivity contribution < 1.29 is 30.9 Å². The number of phenolic OH excluding ortho intramolecular Hbond substituents is 1. The molecule has 8 rings (SSSR count). The fourth-order valence-electron chi connectivity index (χ4n) is 6.40. The first-order valence-electron chi connectivity index (χ1n) is 16.0. The Morgan fingerprint density at radius 3 is 2.20 bits per heavy atom. The Kier molecular flexibility index (Phi) is 8.30. The van der Waals surface area contributed by atoms with Gasteiger partial charge in [-0.3, -0.25) is 9.38 Å². The Hall–Kier alpha value is -5.32. The molecule has 3 heterocycles. The van der Waals surface area contributed by atoms with Gasteiger partial charge in [-0.05, 0) is 53.3 Å². The van der Waals surface area contributed by atoms with Gasteiger partial charge >= 0.3 is 0 Å². The van der Waals surface area contributed by atoms with Crippen LogP contribution >= 0.6 is 0 Å². The van der Waals surface area contributed by atoms with Crippen molar-refractivity contribution in [2.24, 2.45) is 0 Å². The number of para-hydroxylation sites is 2. The van der Waals surface area contributed by atoms with E-state index in [0.29, 0.717) is 11.5 Å². The summed E-state index contributed by atoms with van der Waals surface area (Å²) in [6, 6.07) is 41.8. The summed E-state index contributed by atoms with van der Waals surface area (Å²) < 4.78 is 8.40. The number of fused-ring (bicyclic) bond motifs is 5. The van der Waals surface area contributed by atoms with Gasteiger partial charge in [0.1, 0.15) is 11.3 Å². The number of ether oxygens (including phenoxy) is 1. The van der Waals surface area contributed by atoms with Crippen molar-refractivity contribution in [3.05, 3.63) is 139 Å². The SMILES string of the molecule is Cc1nc2cccnc2c2nc3c(-c4[c-]c(Oc5ccccc5O)cc(C(C)(C)C)c4)ccc(-c4ccccc4-c4ccccc4)c3n12.[Pt]. The largest absolute Gasteiger partial charge is 0.504 e. The minimum atomic E-state index is -0.187. The number of hydrogen-bond acceptors (Lipinski definition) is 5. The van der Waals surface area contributed by atoms with E-state index in [0.717, 1.165) is 72.5 Å². The van der Waals surface area contributed by atoms with Crippen LogP contribution in [0.25, 0.3) is 61.1 Å². The van der Waals surface area contributed by atoms with Crippen LogP contribution in [0.4, 0.5) is 0 Å². The quantitative estimate of drug-likeness (QED) is 0.175. The van der Waals surface area contributed by atoms with Crippen molar-refractivity contribution in [1.29, 1.82) is 0 Å². The van der Waals surface area contributed by atoms with Gasteiger partial charge in [-0.2, -0.15) is 0 Å². The normalized spacial score (nSPS) is 11.6. The van der Waals surface area contributed by atoms with Crippen LogP contribution in [-0.4, -0.2) is 24.5 Å². The number of pyridine rings is 1. The molecule has 1 N–H and O–H groups in total. The van der Waals surface area contributed by atoms with Crippen LogP contribution in [0.15, 0.2) is 121 Å². The molecule has 0 aliphatic rings. The second-order valence-electron chi connectivity index (χ2n) is 13.0. The number of phenols is 1. The van der Waals surface area contributed by atoms with Crippen molar-refractivity contribution in [3.63, 3.8) is 0 Å². The molecule has 5 aromatic carbocycles. The summed E-state index contributed by atoms with van der Waals surface area (Å²) in [5, 5.41) is 10.5. The minimum Gasteiger partial charge on any atom is -0.504 e. The van der Waals surface area contributed by atoms with E-state index in [1.54, 1.807) is 24.4 Å². The molecule has 0 atom stereocenters. The van der Waals surface area contributed by atoms with Crippen molar-refractivity contribution in [2.45, 2.75) is 33.1 Å². The number of nitrogens with zero attached hydrogens (tertiary/aromatic N) is 4. The third-order valence-corrected chi connectivity index (χ3v) is 8.80. The monoisotopic (exact) mass is 820 g/mol. The molecule has 0 aliphatic carbocycles. The second kappa shape index (κ2) is 12.6. The number of aromatic nitrogens is 4. The minimum absolute atomic E-state index is 0. The van der Waals surface area contributed by atoms with Crippen LogP contribution in [0, 0.1) is 13.0 Å². The molecule has 7 heteroatoms. The number of benzene rings is 5. The van der Waals surface area contributed by atoms with E-state index in [2.05, 4.69) is 98.0 Å². The molecule has 0 aliphatic heterocycles. The van der Waals surface area contributed by atoms with E-state index < -0.39 is 0 Å². The van der Waals surface area contributed by atoms with E-state index in [1.807, 2.05) is 37.3 Å². The summed E-state index contributed by atoms with van der Waals surface area (Å²) in [6.07, 6.45) is 1.79. The van der Waals surface area contributed by atoms with E-state index >= 15 is 0 Å². The van der Waals surface area contributed by atoms with Gasteiger partial charge < -0.3 is 9.84 Å². The maximum atomic E-state index is 10.5. The molecule has 0 saturated heterocycles. The van der Waals surface area contributed by atoms with Crippen LogP contribution in [-0.2, 0) is 26.5 Å². The van der Waals surface area contributed by atoms with Crippen LogP contribution in [0.5, 0.6) is 17.2 Å². The Morgan fingerprint density at radius 1 is 0.714 bits per heavy atom. The van der Waals surface area contributed by atoms with E-state index in [4.69, 9.17) is 19.7 Å². The molecule has 0 radical (unpaired) electrons. The summed E-state index contributed by atoms with van der Waals surface area (Å²) in [5.74, 6) is 1.77. The fourth-order valence-corrected chi connectivity index (χ4v) is 6.40. The predicted molar refractivity (Wildman–Crippen MR) is 193 cm³/mol. The molecule has 8 aromatic rings. The Bertz CT molecular complexity index is 2500. The van der Waals surface area contributed by atoms with Crippen molar-refractivity contribution in [3.8, 4) is 50.6 Å². The van der Waals surface area contributed by atoms with Crippen molar-refractivity contribution in [1.82, 2.24) is 19.4 Å². The summed E-state index contributed by atoms with van der Waals surface area (Å²) in [4.78, 5) is 15.1. The number of imidazole rings is 1. The van der Waals surface area contributed by atoms with Gasteiger partial charge in [0.15, 0.2) is 17.1 Å². The summed E-state index contributed by atoms with van der Waals surface area (Å²) in [6.45, 7) is 8.54. The van der Waals surface area contributed by atoms with Crippen LogP contribution in [0.1, 0.15) is 32.2 Å². The molecule has 0 bridgehead atoms. The molecular weight excluding hydrogens is 788 g/mol. The van der Waals surface area contributed by atoms with Gasteiger partial charge in [0.05, 0.1) is 16.6 Å². The standard InChI is InChI=1S/C42H33N4O2.Pt/c1-26-44-35-17-12-22-43-39(35)41-45-38-32(28-23-29(42(2,3)4)25-30(24-28)48-37-19-11-10-18-36(37)47)20-21-34(40(38)46(26)41)33-16-9-8-15-31(33)27-13-6-5-7-14-27;/h5-23,25,47H,1-4H3;/q-1;. The first kappa shape index (κ1) is 32.2. The van der Waals surface area contributed by atoms with Gasteiger partial charge in [0.25, 0.3) is 0 Å². The molecule has 0 fully saturated rings. The van der Waals surface area contributed by atoms with Crippen LogP contribution in [0.2, 0.25) is 0 Å². The van der Waals surface area contributed by atoms with Crippen LogP contribution in [0.3, 0.4) is 0 Å². The summed E-state index contributed by atoms with van der Waals surface area (Å²) >= 11 is 0. The molecular formula is C42H33N4O2Pt-.